The lowest BCUT2D eigenvalue weighted by molar-refractivity contribution is 0.0642. The summed E-state index contributed by atoms with van der Waals surface area (Å²) in [5, 5.41) is 1.46. The molecule has 0 fully saturated rings. The summed E-state index contributed by atoms with van der Waals surface area (Å²) in [7, 11) is 2.92. The fourth-order valence-corrected chi connectivity index (χ4v) is 2.72. The molecule has 0 amide bonds. The van der Waals surface area contributed by atoms with Gasteiger partial charge in [0.15, 0.2) is 0 Å². The van der Waals surface area contributed by atoms with E-state index >= 15 is 0 Å². The van der Waals surface area contributed by atoms with Crippen molar-refractivity contribution < 1.29 is 28.6 Å². The van der Waals surface area contributed by atoms with Crippen LogP contribution in [0.2, 0.25) is 0 Å². The Hall–Kier alpha value is -3.82. The van der Waals surface area contributed by atoms with E-state index in [0.717, 1.165) is 11.6 Å². The van der Waals surface area contributed by atoms with Crippen LogP contribution in [0.25, 0.3) is 10.8 Å². The van der Waals surface area contributed by atoms with E-state index in [1.54, 1.807) is 18.2 Å². The molecule has 3 rings (SSSR count). The second-order valence-electron chi connectivity index (χ2n) is 6.00. The molecule has 0 radical (unpaired) electrons. The van der Waals surface area contributed by atoms with Crippen molar-refractivity contribution in [3.05, 3.63) is 72.1 Å². The molecule has 10 heteroatoms. The molecule has 9 nitrogen and oxygen atoms in total. The number of nitrogens with one attached hydrogen (secondary N) is 1. The highest BCUT2D eigenvalue weighted by Crippen LogP contribution is 2.32. The zero-order valence-electron chi connectivity index (χ0n) is 17.3. The maximum absolute atomic E-state index is 12.9. The van der Waals surface area contributed by atoms with Crippen LogP contribution in [0.1, 0.15) is 10.4 Å². The molecule has 3 aromatic rings. The quantitative estimate of drug-likeness (QED) is 0.206. The van der Waals surface area contributed by atoms with Gasteiger partial charge in [-0.1, -0.05) is 41.9 Å². The van der Waals surface area contributed by atoms with Gasteiger partial charge in [-0.25, -0.2) is 4.79 Å². The number of hydrogen-bond donors (Lipinski definition) is 1. The first-order valence-corrected chi connectivity index (χ1v) is 9.75. The molecule has 1 aromatic heterocycles. The molecule has 0 unspecified atom stereocenters. The summed E-state index contributed by atoms with van der Waals surface area (Å²) in [4.78, 5) is 26.2. The van der Waals surface area contributed by atoms with Crippen LogP contribution in [0.5, 0.6) is 23.5 Å². The van der Waals surface area contributed by atoms with Crippen molar-refractivity contribution >= 4 is 28.3 Å². The van der Waals surface area contributed by atoms with Crippen LogP contribution in [-0.2, 0) is 9.57 Å². The molecule has 2 aromatic carbocycles. The number of aromatic nitrogens is 2. The van der Waals surface area contributed by atoms with Gasteiger partial charge in [0.05, 0.1) is 33.1 Å². The van der Waals surface area contributed by atoms with E-state index < -0.39 is 5.97 Å². The van der Waals surface area contributed by atoms with Crippen LogP contribution < -0.4 is 19.7 Å². The summed E-state index contributed by atoms with van der Waals surface area (Å²) in [6.07, 6.45) is 4.06. The van der Waals surface area contributed by atoms with Crippen LogP contribution in [-0.4, -0.2) is 36.8 Å². The third-order valence-electron chi connectivity index (χ3n) is 4.04. The molecule has 0 saturated carbocycles. The first kappa shape index (κ1) is 22.9. The van der Waals surface area contributed by atoms with E-state index in [4.69, 9.17) is 35.4 Å². The Bertz CT molecular complexity index is 1110. The number of benzene rings is 2. The smallest absolute Gasteiger partial charge is 0.347 e. The van der Waals surface area contributed by atoms with Crippen LogP contribution in [0, 0.1) is 0 Å². The lowest BCUT2D eigenvalue weighted by Gasteiger charge is -2.12. The zero-order valence-corrected chi connectivity index (χ0v) is 18.0. The van der Waals surface area contributed by atoms with Crippen molar-refractivity contribution in [2.75, 3.05) is 20.8 Å². The number of rotatable bonds is 10. The summed E-state index contributed by atoms with van der Waals surface area (Å²) >= 11 is 5.39. The Morgan fingerprint density at radius 1 is 1.09 bits per heavy atom. The molecule has 166 valence electrons. The molecular weight excluding hydrogens is 438 g/mol. The Kier molecular flexibility index (Phi) is 8.24. The minimum atomic E-state index is -0.648. The molecule has 0 atom stereocenters. The van der Waals surface area contributed by atoms with Crippen molar-refractivity contribution in [1.29, 1.82) is 0 Å². The molecule has 0 aliphatic rings. The highest BCUT2D eigenvalue weighted by molar-refractivity contribution is 6.25. The van der Waals surface area contributed by atoms with Crippen molar-refractivity contribution in [2.45, 2.75) is 0 Å². The number of fused-ring (bicyclic) bond motifs is 1. The Labute approximate surface area is 189 Å². The number of carbonyl (C=O) groups is 1. The molecule has 0 bridgehead atoms. The largest absolute Gasteiger partial charge is 0.481 e. The molecular formula is C22H20ClN3O6. The van der Waals surface area contributed by atoms with E-state index in [2.05, 4.69) is 15.4 Å². The van der Waals surface area contributed by atoms with Crippen molar-refractivity contribution in [3.63, 3.8) is 0 Å². The van der Waals surface area contributed by atoms with Gasteiger partial charge in [0.2, 0.25) is 11.8 Å². The van der Waals surface area contributed by atoms with E-state index in [1.165, 1.54) is 32.0 Å². The standard InChI is InChI=1S/C22H20ClN3O6/c1-28-18-14-19(29-2)26-22(25-18)32-17-9-8-15-6-3-4-7-16(15)20(17)21(27)30-13-11-24-31-12-5-10-23/h3-11,13-14,24H,12H2,1-2H3. The SMILES string of the molecule is COc1cc(OC)nc(Oc2ccc3ccccc3c2C(=O)OC=CNOCC=CCl)n1. The molecule has 1 N–H and O–H groups in total. The number of hydroxylamine groups is 1. The Balaban J connectivity index is 1.88. The van der Waals surface area contributed by atoms with Crippen LogP contribution in [0.3, 0.4) is 0 Å². The van der Waals surface area contributed by atoms with Crippen LogP contribution >= 0.6 is 11.6 Å². The fourth-order valence-electron chi connectivity index (χ4n) is 2.65. The van der Waals surface area contributed by atoms with Gasteiger partial charge >= 0.3 is 12.0 Å². The van der Waals surface area contributed by atoms with Gasteiger partial charge in [-0.05, 0) is 22.9 Å². The van der Waals surface area contributed by atoms with E-state index in [1.807, 2.05) is 24.3 Å². The second-order valence-corrected chi connectivity index (χ2v) is 6.25. The first-order valence-electron chi connectivity index (χ1n) is 9.31. The normalized spacial score (nSPS) is 11.1. The predicted octanol–water partition coefficient (Wildman–Crippen LogP) is 4.34. The average molecular weight is 458 g/mol. The van der Waals surface area contributed by atoms with Gasteiger partial charge in [-0.15, -0.1) is 0 Å². The van der Waals surface area contributed by atoms with Gasteiger partial charge in [-0.2, -0.15) is 9.97 Å². The lowest BCUT2D eigenvalue weighted by Crippen LogP contribution is -2.08. The molecule has 0 spiro atoms. The van der Waals surface area contributed by atoms with Crippen molar-refractivity contribution in [2.24, 2.45) is 0 Å². The Morgan fingerprint density at radius 3 is 2.56 bits per heavy atom. The minimum absolute atomic E-state index is 0.0523. The molecule has 0 saturated heterocycles. The predicted molar refractivity (Wildman–Crippen MR) is 118 cm³/mol. The van der Waals surface area contributed by atoms with Gasteiger partial charge < -0.3 is 18.9 Å². The monoisotopic (exact) mass is 457 g/mol. The third kappa shape index (κ3) is 5.87. The van der Waals surface area contributed by atoms with Crippen LogP contribution in [0.4, 0.5) is 0 Å². The van der Waals surface area contributed by atoms with Gasteiger partial charge in [0, 0.05) is 5.54 Å². The molecule has 0 aliphatic carbocycles. The van der Waals surface area contributed by atoms with E-state index in [0.29, 0.717) is 5.39 Å². The number of ether oxygens (including phenoxy) is 4. The maximum atomic E-state index is 12.9. The minimum Gasteiger partial charge on any atom is -0.481 e. The number of esters is 1. The van der Waals surface area contributed by atoms with Gasteiger partial charge in [0.1, 0.15) is 17.6 Å². The number of hydrogen-bond acceptors (Lipinski definition) is 9. The van der Waals surface area contributed by atoms with Crippen molar-refractivity contribution in [1.82, 2.24) is 15.4 Å². The lowest BCUT2D eigenvalue weighted by atomic mass is 10.0. The highest BCUT2D eigenvalue weighted by Gasteiger charge is 2.20. The molecule has 32 heavy (non-hydrogen) atoms. The topological polar surface area (TPSA) is 101 Å². The number of nitrogens with zero attached hydrogens (tertiary/aromatic N) is 2. The number of carbonyl (C=O) groups excluding carboxylic acids is 1. The van der Waals surface area contributed by atoms with Gasteiger partial charge in [-0.3, -0.25) is 10.3 Å². The molecule has 1 heterocycles. The van der Waals surface area contributed by atoms with Crippen molar-refractivity contribution in [3.8, 4) is 23.5 Å². The number of methoxy groups -OCH3 is 2. The summed E-state index contributed by atoms with van der Waals surface area (Å²) < 4.78 is 21.3. The average Bonchev–Trinajstić information content (AvgIpc) is 2.82. The Morgan fingerprint density at radius 2 is 1.84 bits per heavy atom. The van der Waals surface area contributed by atoms with E-state index in [-0.39, 0.29) is 35.7 Å². The highest BCUT2D eigenvalue weighted by atomic mass is 35.5. The second kappa shape index (κ2) is 11.5. The van der Waals surface area contributed by atoms with Crippen LogP contribution in [0.15, 0.2) is 66.5 Å². The summed E-state index contributed by atoms with van der Waals surface area (Å²) in [5.74, 6) is 0.0452. The zero-order chi connectivity index (χ0) is 22.8. The summed E-state index contributed by atoms with van der Waals surface area (Å²) in [5.41, 5.74) is 4.02. The van der Waals surface area contributed by atoms with Gasteiger partial charge in [0.25, 0.3) is 0 Å². The molecule has 0 aliphatic heterocycles. The summed E-state index contributed by atoms with van der Waals surface area (Å²) in [6.45, 7) is 0.243. The maximum Gasteiger partial charge on any atom is 0.347 e. The third-order valence-corrected chi connectivity index (χ3v) is 4.21. The first-order chi connectivity index (χ1) is 15.7. The fraction of sp³-hybridized carbons (Fsp3) is 0.136. The van der Waals surface area contributed by atoms with E-state index in [9.17, 15) is 4.79 Å². The number of halogens is 1. The summed E-state index contributed by atoms with van der Waals surface area (Å²) in [6, 6.07) is 12.2.